The summed E-state index contributed by atoms with van der Waals surface area (Å²) in [7, 11) is 3.49. The van der Waals surface area contributed by atoms with Crippen LogP contribution in [0.25, 0.3) is 0 Å². The molecule has 3 nitrogen and oxygen atoms in total. The van der Waals surface area contributed by atoms with Gasteiger partial charge in [-0.15, -0.1) is 11.8 Å². The number of hydrogen-bond acceptors (Lipinski definition) is 3. The molecule has 4 heteroatoms. The number of hydrogen-bond donors (Lipinski definition) is 0. The number of thioether (sulfide) groups is 1. The van der Waals surface area contributed by atoms with E-state index >= 15 is 0 Å². The first-order valence-corrected chi connectivity index (χ1v) is 8.07. The van der Waals surface area contributed by atoms with Crippen molar-refractivity contribution < 1.29 is 9.53 Å². The van der Waals surface area contributed by atoms with Gasteiger partial charge in [0.1, 0.15) is 5.75 Å². The van der Waals surface area contributed by atoms with E-state index in [4.69, 9.17) is 4.74 Å². The highest BCUT2D eigenvalue weighted by Gasteiger charge is 2.18. The first-order valence-electron chi connectivity index (χ1n) is 7.20. The van der Waals surface area contributed by atoms with Crippen LogP contribution in [0.3, 0.4) is 0 Å². The summed E-state index contributed by atoms with van der Waals surface area (Å²) in [6.45, 7) is 2.58. The second kappa shape index (κ2) is 7.90. The number of methoxy groups -OCH3 is 1. The minimum Gasteiger partial charge on any atom is -0.497 e. The van der Waals surface area contributed by atoms with E-state index < -0.39 is 0 Å². The normalized spacial score (nSPS) is 11.8. The number of amides is 1. The van der Waals surface area contributed by atoms with Gasteiger partial charge in [0.15, 0.2) is 0 Å². The van der Waals surface area contributed by atoms with Crippen molar-refractivity contribution in [3.63, 3.8) is 0 Å². The van der Waals surface area contributed by atoms with Crippen molar-refractivity contribution in [2.24, 2.45) is 0 Å². The number of carbonyl (C=O) groups excluding carboxylic acids is 1. The molecule has 2 rings (SSSR count). The van der Waals surface area contributed by atoms with Crippen LogP contribution in [0.1, 0.15) is 12.5 Å². The lowest BCUT2D eigenvalue weighted by molar-refractivity contribution is -0.129. The van der Waals surface area contributed by atoms with Crippen molar-refractivity contribution in [1.82, 2.24) is 4.90 Å². The van der Waals surface area contributed by atoms with Gasteiger partial charge in [-0.2, -0.15) is 0 Å². The van der Waals surface area contributed by atoms with Crippen LogP contribution in [-0.4, -0.2) is 30.2 Å². The predicted molar refractivity (Wildman–Crippen MR) is 91.2 cm³/mol. The second-order valence-corrected chi connectivity index (χ2v) is 6.53. The molecule has 1 atom stereocenters. The molecule has 2 aromatic carbocycles. The van der Waals surface area contributed by atoms with E-state index in [-0.39, 0.29) is 11.2 Å². The van der Waals surface area contributed by atoms with E-state index in [0.29, 0.717) is 6.54 Å². The molecule has 0 aliphatic heterocycles. The van der Waals surface area contributed by atoms with Crippen LogP contribution in [0.5, 0.6) is 5.75 Å². The predicted octanol–water partition coefficient (Wildman–Crippen LogP) is 3.83. The van der Waals surface area contributed by atoms with Crippen molar-refractivity contribution in [2.45, 2.75) is 23.6 Å². The molecule has 0 unspecified atom stereocenters. The standard InChI is InChI=1S/C18H21NO2S/c1-14(22-17-11-9-16(21-3)10-12-17)18(20)19(2)13-15-7-5-4-6-8-15/h4-12,14H,13H2,1-3H3/t14-/m1/s1. The Hall–Kier alpha value is -1.94. The summed E-state index contributed by atoms with van der Waals surface area (Å²) >= 11 is 1.56. The first-order chi connectivity index (χ1) is 10.6. The zero-order valence-electron chi connectivity index (χ0n) is 13.2. The van der Waals surface area contributed by atoms with Crippen molar-refractivity contribution in [3.8, 4) is 5.75 Å². The number of ether oxygens (including phenoxy) is 1. The zero-order chi connectivity index (χ0) is 15.9. The highest BCUT2D eigenvalue weighted by atomic mass is 32.2. The molecule has 1 amide bonds. The molecule has 116 valence electrons. The van der Waals surface area contributed by atoms with Crippen LogP contribution in [-0.2, 0) is 11.3 Å². The Labute approximate surface area is 136 Å². The lowest BCUT2D eigenvalue weighted by Gasteiger charge is -2.21. The quantitative estimate of drug-likeness (QED) is 0.759. The molecule has 0 fully saturated rings. The fraction of sp³-hybridized carbons (Fsp3) is 0.278. The largest absolute Gasteiger partial charge is 0.497 e. The van der Waals surface area contributed by atoms with Crippen LogP contribution in [0.15, 0.2) is 59.5 Å². The van der Waals surface area contributed by atoms with Gasteiger partial charge in [0.05, 0.1) is 12.4 Å². The first kappa shape index (κ1) is 16.4. The van der Waals surface area contributed by atoms with Crippen molar-refractivity contribution >= 4 is 17.7 Å². The van der Waals surface area contributed by atoms with Crippen molar-refractivity contribution in [1.29, 1.82) is 0 Å². The Morgan fingerprint density at radius 1 is 1.14 bits per heavy atom. The molecule has 0 N–H and O–H groups in total. The summed E-state index contributed by atoms with van der Waals surface area (Å²) < 4.78 is 5.14. The molecule has 0 spiro atoms. The van der Waals surface area contributed by atoms with E-state index in [0.717, 1.165) is 16.2 Å². The minimum absolute atomic E-state index is 0.123. The van der Waals surface area contributed by atoms with Gasteiger partial charge in [-0.25, -0.2) is 0 Å². The van der Waals surface area contributed by atoms with Crippen LogP contribution in [0.2, 0.25) is 0 Å². The highest BCUT2D eigenvalue weighted by molar-refractivity contribution is 8.00. The van der Waals surface area contributed by atoms with Gasteiger partial charge < -0.3 is 9.64 Å². The Bertz CT molecular complexity index is 598. The van der Waals surface area contributed by atoms with E-state index in [9.17, 15) is 4.79 Å². The van der Waals surface area contributed by atoms with Crippen LogP contribution in [0, 0.1) is 0 Å². The average Bonchev–Trinajstić information content (AvgIpc) is 2.55. The van der Waals surface area contributed by atoms with Gasteiger partial charge >= 0.3 is 0 Å². The van der Waals surface area contributed by atoms with E-state index in [2.05, 4.69) is 0 Å². The molecule has 0 bridgehead atoms. The molecule has 2 aromatic rings. The smallest absolute Gasteiger partial charge is 0.235 e. The van der Waals surface area contributed by atoms with E-state index in [1.807, 2.05) is 68.6 Å². The van der Waals surface area contributed by atoms with Crippen LogP contribution >= 0.6 is 11.8 Å². The third kappa shape index (κ3) is 4.53. The SMILES string of the molecule is COc1ccc(S[C@H](C)C(=O)N(C)Cc2ccccc2)cc1. The van der Waals surface area contributed by atoms with Gasteiger partial charge in [-0.05, 0) is 36.8 Å². The van der Waals surface area contributed by atoms with E-state index in [1.165, 1.54) is 0 Å². The summed E-state index contributed by atoms with van der Waals surface area (Å²) in [4.78, 5) is 15.3. The van der Waals surface area contributed by atoms with Gasteiger partial charge in [0.2, 0.25) is 5.91 Å². The maximum Gasteiger partial charge on any atom is 0.235 e. The average molecular weight is 315 g/mol. The zero-order valence-corrected chi connectivity index (χ0v) is 14.0. The molecular weight excluding hydrogens is 294 g/mol. The Kier molecular flexibility index (Phi) is 5.90. The Morgan fingerprint density at radius 3 is 2.36 bits per heavy atom. The van der Waals surface area contributed by atoms with Crippen molar-refractivity contribution in [3.05, 3.63) is 60.2 Å². The monoisotopic (exact) mass is 315 g/mol. The van der Waals surface area contributed by atoms with Crippen LogP contribution < -0.4 is 4.74 Å². The summed E-state index contributed by atoms with van der Waals surface area (Å²) in [5.74, 6) is 0.953. The topological polar surface area (TPSA) is 29.5 Å². The fourth-order valence-electron chi connectivity index (χ4n) is 2.15. The minimum atomic E-state index is -0.123. The third-order valence-corrected chi connectivity index (χ3v) is 4.46. The maximum atomic E-state index is 12.5. The molecule has 0 saturated heterocycles. The summed E-state index contributed by atoms with van der Waals surface area (Å²) in [6.07, 6.45) is 0. The molecular formula is C18H21NO2S. The summed E-state index contributed by atoms with van der Waals surface area (Å²) in [6, 6.07) is 17.8. The molecule has 0 aromatic heterocycles. The van der Waals surface area contributed by atoms with Gasteiger partial charge in [-0.1, -0.05) is 30.3 Å². The van der Waals surface area contributed by atoms with Crippen LogP contribution in [0.4, 0.5) is 0 Å². The van der Waals surface area contributed by atoms with E-state index in [1.54, 1.807) is 23.8 Å². The Balaban J connectivity index is 1.93. The maximum absolute atomic E-state index is 12.5. The lowest BCUT2D eigenvalue weighted by Crippen LogP contribution is -2.32. The molecule has 0 aliphatic rings. The van der Waals surface area contributed by atoms with Crippen molar-refractivity contribution in [2.75, 3.05) is 14.2 Å². The molecule has 0 radical (unpaired) electrons. The number of carbonyl (C=O) groups is 1. The molecule has 0 saturated carbocycles. The second-order valence-electron chi connectivity index (χ2n) is 5.12. The van der Waals surface area contributed by atoms with Gasteiger partial charge in [-0.3, -0.25) is 4.79 Å². The molecule has 0 heterocycles. The van der Waals surface area contributed by atoms with Gasteiger partial charge in [0, 0.05) is 18.5 Å². The number of nitrogens with zero attached hydrogens (tertiary/aromatic N) is 1. The highest BCUT2D eigenvalue weighted by Crippen LogP contribution is 2.26. The summed E-state index contributed by atoms with van der Waals surface area (Å²) in [5, 5.41) is -0.123. The fourth-order valence-corrected chi connectivity index (χ4v) is 3.14. The molecule has 0 aliphatic carbocycles. The summed E-state index contributed by atoms with van der Waals surface area (Å²) in [5.41, 5.74) is 1.14. The third-order valence-electron chi connectivity index (χ3n) is 3.36. The molecule has 22 heavy (non-hydrogen) atoms. The number of benzene rings is 2. The van der Waals surface area contributed by atoms with Gasteiger partial charge in [0.25, 0.3) is 0 Å². The lowest BCUT2D eigenvalue weighted by atomic mass is 10.2. The Morgan fingerprint density at radius 2 is 1.77 bits per heavy atom. The number of rotatable bonds is 6.